The van der Waals surface area contributed by atoms with E-state index in [2.05, 4.69) is 28.7 Å². The molecule has 2 atom stereocenters. The molecule has 0 spiro atoms. The number of anilines is 1. The molecule has 1 aliphatic heterocycles. The second-order valence-corrected chi connectivity index (χ2v) is 4.75. The molecule has 17 heavy (non-hydrogen) atoms. The summed E-state index contributed by atoms with van der Waals surface area (Å²) in [6, 6.07) is 0.441. The first kappa shape index (κ1) is 11.8. The van der Waals surface area contributed by atoms with Crippen LogP contribution in [0.25, 0.3) is 0 Å². The Labute approximate surface area is 100 Å². The maximum absolute atomic E-state index is 10.7. The van der Waals surface area contributed by atoms with Gasteiger partial charge in [-0.25, -0.2) is 14.8 Å². The van der Waals surface area contributed by atoms with Crippen LogP contribution in [0.3, 0.4) is 0 Å². The zero-order chi connectivity index (χ0) is 12.4. The molecule has 92 valence electrons. The standard InChI is InChI=1S/C12H17N3O2/c1-8-3-4-9(2)15(7-8)11-6-13-10(5-14-11)12(16)17/h5-6,8-9H,3-4,7H2,1-2H3,(H,16,17). The van der Waals surface area contributed by atoms with Crippen LogP contribution in [0.2, 0.25) is 0 Å². The normalized spacial score (nSPS) is 24.7. The summed E-state index contributed by atoms with van der Waals surface area (Å²) in [5.41, 5.74) is -0.00791. The minimum absolute atomic E-state index is 0.00791. The van der Waals surface area contributed by atoms with Gasteiger partial charge in [0.25, 0.3) is 0 Å². The summed E-state index contributed by atoms with van der Waals surface area (Å²) in [6.45, 7) is 5.35. The number of aromatic carboxylic acids is 1. The zero-order valence-electron chi connectivity index (χ0n) is 10.1. The topological polar surface area (TPSA) is 66.3 Å². The summed E-state index contributed by atoms with van der Waals surface area (Å²) < 4.78 is 0. The van der Waals surface area contributed by atoms with Crippen molar-refractivity contribution in [1.29, 1.82) is 0 Å². The molecule has 5 heteroatoms. The van der Waals surface area contributed by atoms with Crippen molar-refractivity contribution in [1.82, 2.24) is 9.97 Å². The number of hydrogen-bond acceptors (Lipinski definition) is 4. The maximum atomic E-state index is 10.7. The Kier molecular flexibility index (Phi) is 3.26. The molecule has 2 unspecified atom stereocenters. The van der Waals surface area contributed by atoms with Gasteiger partial charge in [-0.1, -0.05) is 6.92 Å². The second-order valence-electron chi connectivity index (χ2n) is 4.75. The molecule has 0 amide bonds. The largest absolute Gasteiger partial charge is 0.476 e. The van der Waals surface area contributed by atoms with Crippen LogP contribution in [-0.4, -0.2) is 33.6 Å². The summed E-state index contributed by atoms with van der Waals surface area (Å²) in [4.78, 5) is 21.0. The van der Waals surface area contributed by atoms with E-state index in [-0.39, 0.29) is 5.69 Å². The van der Waals surface area contributed by atoms with Gasteiger partial charge >= 0.3 is 5.97 Å². The lowest BCUT2D eigenvalue weighted by Gasteiger charge is -2.37. The first-order valence-corrected chi connectivity index (χ1v) is 5.90. The zero-order valence-corrected chi connectivity index (χ0v) is 10.1. The molecule has 1 aromatic heterocycles. The van der Waals surface area contributed by atoms with Crippen molar-refractivity contribution in [2.45, 2.75) is 32.7 Å². The third kappa shape index (κ3) is 2.54. The highest BCUT2D eigenvalue weighted by Crippen LogP contribution is 2.25. The van der Waals surface area contributed by atoms with Gasteiger partial charge in [0.15, 0.2) is 5.69 Å². The van der Waals surface area contributed by atoms with Gasteiger partial charge in [0.05, 0.1) is 12.4 Å². The molecule has 1 saturated heterocycles. The van der Waals surface area contributed by atoms with Crippen molar-refractivity contribution >= 4 is 11.8 Å². The molecule has 0 aromatic carbocycles. The third-order valence-electron chi connectivity index (χ3n) is 3.27. The molecule has 1 aliphatic rings. The fourth-order valence-electron chi connectivity index (χ4n) is 2.19. The molecule has 0 aliphatic carbocycles. The number of rotatable bonds is 2. The van der Waals surface area contributed by atoms with Crippen LogP contribution in [0.15, 0.2) is 12.4 Å². The van der Waals surface area contributed by atoms with Crippen LogP contribution >= 0.6 is 0 Å². The van der Waals surface area contributed by atoms with E-state index in [9.17, 15) is 4.79 Å². The number of carboxylic acids is 1. The van der Waals surface area contributed by atoms with Gasteiger partial charge in [-0.3, -0.25) is 0 Å². The smallest absolute Gasteiger partial charge is 0.356 e. The number of hydrogen-bond donors (Lipinski definition) is 1. The van der Waals surface area contributed by atoms with Gasteiger partial charge in [0, 0.05) is 12.6 Å². The van der Waals surface area contributed by atoms with Gasteiger partial charge < -0.3 is 10.0 Å². The summed E-state index contributed by atoms with van der Waals surface area (Å²) >= 11 is 0. The van der Waals surface area contributed by atoms with Gasteiger partial charge in [-0.05, 0) is 25.7 Å². The molecule has 1 aromatic rings. The molecular weight excluding hydrogens is 218 g/mol. The van der Waals surface area contributed by atoms with E-state index in [4.69, 9.17) is 5.11 Å². The Bertz CT molecular complexity index is 405. The van der Waals surface area contributed by atoms with Gasteiger partial charge in [0.2, 0.25) is 0 Å². The van der Waals surface area contributed by atoms with E-state index in [1.54, 1.807) is 6.20 Å². The Morgan fingerprint density at radius 3 is 2.71 bits per heavy atom. The summed E-state index contributed by atoms with van der Waals surface area (Å²) in [5, 5.41) is 8.76. The van der Waals surface area contributed by atoms with Crippen molar-refractivity contribution < 1.29 is 9.90 Å². The Balaban J connectivity index is 2.18. The van der Waals surface area contributed by atoms with Gasteiger partial charge in [-0.15, -0.1) is 0 Å². The van der Waals surface area contributed by atoms with Crippen molar-refractivity contribution in [3.05, 3.63) is 18.1 Å². The van der Waals surface area contributed by atoms with E-state index in [1.807, 2.05) is 0 Å². The Hall–Kier alpha value is -1.65. The van der Waals surface area contributed by atoms with Gasteiger partial charge in [-0.2, -0.15) is 0 Å². The van der Waals surface area contributed by atoms with Crippen LogP contribution in [0.5, 0.6) is 0 Å². The summed E-state index contributed by atoms with van der Waals surface area (Å²) in [5.74, 6) is 0.380. The average Bonchev–Trinajstić information content (AvgIpc) is 2.32. The summed E-state index contributed by atoms with van der Waals surface area (Å²) in [7, 11) is 0. The maximum Gasteiger partial charge on any atom is 0.356 e. The number of nitrogens with zero attached hydrogens (tertiary/aromatic N) is 3. The van der Waals surface area contributed by atoms with E-state index in [0.717, 1.165) is 18.8 Å². The minimum atomic E-state index is -1.04. The fraction of sp³-hybridized carbons (Fsp3) is 0.583. The molecule has 1 N–H and O–H groups in total. The first-order valence-electron chi connectivity index (χ1n) is 5.90. The molecule has 5 nitrogen and oxygen atoms in total. The lowest BCUT2D eigenvalue weighted by Crippen LogP contribution is -2.41. The quantitative estimate of drug-likeness (QED) is 0.846. The Morgan fingerprint density at radius 2 is 2.12 bits per heavy atom. The van der Waals surface area contributed by atoms with E-state index < -0.39 is 5.97 Å². The van der Waals surface area contributed by atoms with Crippen molar-refractivity contribution in [3.63, 3.8) is 0 Å². The highest BCUT2D eigenvalue weighted by molar-refractivity contribution is 5.84. The minimum Gasteiger partial charge on any atom is -0.476 e. The lowest BCUT2D eigenvalue weighted by atomic mass is 9.95. The number of piperidine rings is 1. The second kappa shape index (κ2) is 4.69. The SMILES string of the molecule is CC1CCC(C)N(c2cnc(C(=O)O)cn2)C1. The molecule has 1 fully saturated rings. The number of carbonyl (C=O) groups is 1. The van der Waals surface area contributed by atoms with Crippen LogP contribution < -0.4 is 4.90 Å². The molecular formula is C12H17N3O2. The Morgan fingerprint density at radius 1 is 1.35 bits per heavy atom. The van der Waals surface area contributed by atoms with E-state index >= 15 is 0 Å². The monoisotopic (exact) mass is 235 g/mol. The van der Waals surface area contributed by atoms with E-state index in [1.165, 1.54) is 12.6 Å². The first-order chi connectivity index (χ1) is 8.08. The predicted octanol–water partition coefficient (Wildman–Crippen LogP) is 1.80. The van der Waals surface area contributed by atoms with Crippen LogP contribution in [0, 0.1) is 5.92 Å². The molecule has 0 bridgehead atoms. The van der Waals surface area contributed by atoms with Crippen molar-refractivity contribution in [2.75, 3.05) is 11.4 Å². The molecule has 2 heterocycles. The summed E-state index contributed by atoms with van der Waals surface area (Å²) in [6.07, 6.45) is 5.25. The van der Waals surface area contributed by atoms with Crippen LogP contribution in [-0.2, 0) is 0 Å². The predicted molar refractivity (Wildman–Crippen MR) is 64.2 cm³/mol. The van der Waals surface area contributed by atoms with Crippen molar-refractivity contribution in [3.8, 4) is 0 Å². The molecule has 0 radical (unpaired) electrons. The van der Waals surface area contributed by atoms with Gasteiger partial charge in [0.1, 0.15) is 5.82 Å². The van der Waals surface area contributed by atoms with Crippen LogP contribution in [0.4, 0.5) is 5.82 Å². The van der Waals surface area contributed by atoms with Crippen LogP contribution in [0.1, 0.15) is 37.2 Å². The lowest BCUT2D eigenvalue weighted by molar-refractivity contribution is 0.0690. The fourth-order valence-corrected chi connectivity index (χ4v) is 2.19. The molecule has 2 rings (SSSR count). The number of aromatic nitrogens is 2. The number of carboxylic acid groups (broad SMARTS) is 1. The van der Waals surface area contributed by atoms with E-state index in [0.29, 0.717) is 12.0 Å². The highest BCUT2D eigenvalue weighted by Gasteiger charge is 2.24. The molecule has 0 saturated carbocycles. The average molecular weight is 235 g/mol. The highest BCUT2D eigenvalue weighted by atomic mass is 16.4. The van der Waals surface area contributed by atoms with Crippen molar-refractivity contribution in [2.24, 2.45) is 5.92 Å². The third-order valence-corrected chi connectivity index (χ3v) is 3.27.